The molecule has 1 atom stereocenters. The highest BCUT2D eigenvalue weighted by Gasteiger charge is 2.26. The minimum absolute atomic E-state index is 0.175. The lowest BCUT2D eigenvalue weighted by Gasteiger charge is -2.26. The molecule has 0 aliphatic carbocycles. The van der Waals surface area contributed by atoms with Gasteiger partial charge in [-0.3, -0.25) is 0 Å². The fraction of sp³-hybridized carbons (Fsp3) is 1.00. The van der Waals surface area contributed by atoms with Crippen LogP contribution in [0.25, 0.3) is 0 Å². The lowest BCUT2D eigenvalue weighted by atomic mass is 10.4. The SMILES string of the molecule is C[C@@H]1CN(C)CCS1(=O)=O. The van der Waals surface area contributed by atoms with E-state index in [1.807, 2.05) is 11.9 Å². The first-order chi connectivity index (χ1) is 4.52. The van der Waals surface area contributed by atoms with Crippen molar-refractivity contribution >= 4 is 9.84 Å². The zero-order valence-corrected chi connectivity index (χ0v) is 7.19. The Labute approximate surface area is 61.9 Å². The van der Waals surface area contributed by atoms with Crippen LogP contribution in [0.3, 0.4) is 0 Å². The van der Waals surface area contributed by atoms with Crippen molar-refractivity contribution < 1.29 is 8.42 Å². The molecule has 0 amide bonds. The molecule has 1 aliphatic rings. The van der Waals surface area contributed by atoms with Crippen molar-refractivity contribution in [2.24, 2.45) is 0 Å². The second kappa shape index (κ2) is 2.51. The lowest BCUT2D eigenvalue weighted by Crippen LogP contribution is -2.43. The molecule has 60 valence electrons. The van der Waals surface area contributed by atoms with Crippen LogP contribution in [0.4, 0.5) is 0 Å². The van der Waals surface area contributed by atoms with Crippen LogP contribution in [-0.4, -0.2) is 44.5 Å². The van der Waals surface area contributed by atoms with E-state index in [0.29, 0.717) is 18.8 Å². The van der Waals surface area contributed by atoms with Gasteiger partial charge >= 0.3 is 0 Å². The Hall–Kier alpha value is -0.0900. The molecule has 3 nitrogen and oxygen atoms in total. The van der Waals surface area contributed by atoms with Gasteiger partial charge in [0.1, 0.15) is 0 Å². The summed E-state index contributed by atoms with van der Waals surface area (Å²) in [5.41, 5.74) is 0. The molecule has 1 fully saturated rings. The van der Waals surface area contributed by atoms with Crippen LogP contribution in [0.2, 0.25) is 0 Å². The van der Waals surface area contributed by atoms with Crippen molar-refractivity contribution in [2.75, 3.05) is 25.9 Å². The van der Waals surface area contributed by atoms with Crippen molar-refractivity contribution in [1.29, 1.82) is 0 Å². The molecular weight excluding hydrogens is 150 g/mol. The second-order valence-electron chi connectivity index (χ2n) is 2.94. The number of hydrogen-bond donors (Lipinski definition) is 0. The summed E-state index contributed by atoms with van der Waals surface area (Å²) >= 11 is 0. The molecule has 0 radical (unpaired) electrons. The summed E-state index contributed by atoms with van der Waals surface area (Å²) in [5, 5.41) is -0.175. The molecule has 4 heteroatoms. The summed E-state index contributed by atoms with van der Waals surface area (Å²) in [4.78, 5) is 2.05. The van der Waals surface area contributed by atoms with Crippen LogP contribution in [0.5, 0.6) is 0 Å². The minimum atomic E-state index is -2.74. The fourth-order valence-electron chi connectivity index (χ4n) is 1.13. The zero-order valence-electron chi connectivity index (χ0n) is 6.37. The molecule has 1 rings (SSSR count). The van der Waals surface area contributed by atoms with Crippen molar-refractivity contribution in [1.82, 2.24) is 4.90 Å². The first-order valence-electron chi connectivity index (χ1n) is 3.42. The van der Waals surface area contributed by atoms with E-state index in [-0.39, 0.29) is 5.25 Å². The molecule has 1 aliphatic heterocycles. The molecule has 0 saturated carbocycles. The van der Waals surface area contributed by atoms with Gasteiger partial charge in [-0.15, -0.1) is 0 Å². The van der Waals surface area contributed by atoms with Crippen molar-refractivity contribution in [3.63, 3.8) is 0 Å². The van der Waals surface area contributed by atoms with Gasteiger partial charge < -0.3 is 4.90 Å². The van der Waals surface area contributed by atoms with Gasteiger partial charge in [0, 0.05) is 13.1 Å². The molecular formula is C6H13NO2S. The average molecular weight is 163 g/mol. The van der Waals surface area contributed by atoms with Gasteiger partial charge in [-0.1, -0.05) is 0 Å². The summed E-state index contributed by atoms with van der Waals surface area (Å²) in [6, 6.07) is 0. The highest BCUT2D eigenvalue weighted by atomic mass is 32.2. The Kier molecular flexibility index (Phi) is 2.01. The molecule has 0 aromatic heterocycles. The van der Waals surface area contributed by atoms with E-state index in [0.717, 1.165) is 0 Å². The van der Waals surface area contributed by atoms with Crippen molar-refractivity contribution in [2.45, 2.75) is 12.2 Å². The van der Waals surface area contributed by atoms with Gasteiger partial charge in [0.25, 0.3) is 0 Å². The van der Waals surface area contributed by atoms with E-state index in [2.05, 4.69) is 0 Å². The maximum absolute atomic E-state index is 11.1. The van der Waals surface area contributed by atoms with Crippen LogP contribution >= 0.6 is 0 Å². The predicted molar refractivity (Wildman–Crippen MR) is 40.7 cm³/mol. The first-order valence-corrected chi connectivity index (χ1v) is 5.14. The highest BCUT2D eigenvalue weighted by Crippen LogP contribution is 2.09. The van der Waals surface area contributed by atoms with E-state index < -0.39 is 9.84 Å². The Bertz CT molecular complexity index is 210. The summed E-state index contributed by atoms with van der Waals surface area (Å²) in [6.45, 7) is 3.14. The Morgan fingerprint density at radius 1 is 1.50 bits per heavy atom. The van der Waals surface area contributed by atoms with Crippen LogP contribution < -0.4 is 0 Å². The lowest BCUT2D eigenvalue weighted by molar-refractivity contribution is 0.337. The zero-order chi connectivity index (χ0) is 7.78. The fourth-order valence-corrected chi connectivity index (χ4v) is 2.58. The molecule has 0 aromatic rings. The second-order valence-corrected chi connectivity index (χ2v) is 5.48. The first kappa shape index (κ1) is 8.01. The van der Waals surface area contributed by atoms with Gasteiger partial charge in [0.05, 0.1) is 11.0 Å². The standard InChI is InChI=1S/C6H13NO2S/c1-6-5-7(2)3-4-10(6,8)9/h6H,3-5H2,1-2H3/t6-/m1/s1. The molecule has 0 bridgehead atoms. The van der Waals surface area contributed by atoms with Crippen LogP contribution in [0.1, 0.15) is 6.92 Å². The van der Waals surface area contributed by atoms with Gasteiger partial charge in [0.2, 0.25) is 0 Å². The predicted octanol–water partition coefficient (Wildman–Crippen LogP) is -0.265. The summed E-state index contributed by atoms with van der Waals surface area (Å²) in [7, 11) is -0.786. The third-order valence-corrected chi connectivity index (χ3v) is 4.07. The molecule has 0 spiro atoms. The van der Waals surface area contributed by atoms with Gasteiger partial charge in [-0.2, -0.15) is 0 Å². The van der Waals surface area contributed by atoms with Gasteiger partial charge in [-0.05, 0) is 14.0 Å². The maximum atomic E-state index is 11.1. The third kappa shape index (κ3) is 1.49. The van der Waals surface area contributed by atoms with E-state index in [1.165, 1.54) is 0 Å². The monoisotopic (exact) mass is 163 g/mol. The van der Waals surface area contributed by atoms with E-state index in [9.17, 15) is 8.42 Å². The van der Waals surface area contributed by atoms with E-state index >= 15 is 0 Å². The molecule has 0 N–H and O–H groups in total. The van der Waals surface area contributed by atoms with Gasteiger partial charge in [0.15, 0.2) is 9.84 Å². The summed E-state index contributed by atoms with van der Waals surface area (Å²) < 4.78 is 22.2. The number of hydrogen-bond acceptors (Lipinski definition) is 3. The van der Waals surface area contributed by atoms with E-state index in [1.54, 1.807) is 6.92 Å². The minimum Gasteiger partial charge on any atom is -0.304 e. The average Bonchev–Trinajstić information content (AvgIpc) is 1.81. The summed E-state index contributed by atoms with van der Waals surface area (Å²) in [6.07, 6.45) is 0. The molecule has 10 heavy (non-hydrogen) atoms. The number of rotatable bonds is 0. The summed E-state index contributed by atoms with van der Waals surface area (Å²) in [5.74, 6) is 0.324. The van der Waals surface area contributed by atoms with Crippen LogP contribution in [0.15, 0.2) is 0 Å². The van der Waals surface area contributed by atoms with E-state index in [4.69, 9.17) is 0 Å². The molecule has 0 unspecified atom stereocenters. The third-order valence-electron chi connectivity index (χ3n) is 1.94. The van der Waals surface area contributed by atoms with Gasteiger partial charge in [-0.25, -0.2) is 8.42 Å². The molecule has 1 heterocycles. The Morgan fingerprint density at radius 2 is 2.10 bits per heavy atom. The topological polar surface area (TPSA) is 37.4 Å². The Balaban J connectivity index is 2.70. The molecule has 1 saturated heterocycles. The molecule has 0 aromatic carbocycles. The van der Waals surface area contributed by atoms with Crippen molar-refractivity contribution in [3.05, 3.63) is 0 Å². The quantitative estimate of drug-likeness (QED) is 0.493. The normalized spacial score (nSPS) is 34.0. The highest BCUT2D eigenvalue weighted by molar-refractivity contribution is 7.92. The Morgan fingerprint density at radius 3 is 2.50 bits per heavy atom. The van der Waals surface area contributed by atoms with Crippen LogP contribution in [0, 0.1) is 0 Å². The van der Waals surface area contributed by atoms with Crippen molar-refractivity contribution in [3.8, 4) is 0 Å². The number of sulfone groups is 1. The number of nitrogens with zero attached hydrogens (tertiary/aromatic N) is 1. The maximum Gasteiger partial charge on any atom is 0.155 e. The largest absolute Gasteiger partial charge is 0.304 e. The van der Waals surface area contributed by atoms with Crippen LogP contribution in [-0.2, 0) is 9.84 Å². The smallest absolute Gasteiger partial charge is 0.155 e.